The van der Waals surface area contributed by atoms with Crippen molar-refractivity contribution in [1.82, 2.24) is 5.32 Å². The number of rotatable bonds is 8. The average Bonchev–Trinajstić information content (AvgIpc) is 2.73. The highest BCUT2D eigenvalue weighted by atomic mass is 16.5. The van der Waals surface area contributed by atoms with Gasteiger partial charge in [0, 0.05) is 12.6 Å². The van der Waals surface area contributed by atoms with Crippen LogP contribution in [0.5, 0.6) is 0 Å². The maximum absolute atomic E-state index is 12.0. The zero-order chi connectivity index (χ0) is 18.9. The van der Waals surface area contributed by atoms with Gasteiger partial charge in [-0.25, -0.2) is 0 Å². The first kappa shape index (κ1) is 18.9. The zero-order valence-corrected chi connectivity index (χ0v) is 15.6. The van der Waals surface area contributed by atoms with Crippen LogP contribution in [0.3, 0.4) is 0 Å². The van der Waals surface area contributed by atoms with Crippen molar-refractivity contribution in [1.29, 1.82) is 0 Å². The van der Waals surface area contributed by atoms with Gasteiger partial charge in [-0.2, -0.15) is 0 Å². The van der Waals surface area contributed by atoms with Crippen LogP contribution < -0.4 is 5.32 Å². The molecule has 1 unspecified atom stereocenters. The van der Waals surface area contributed by atoms with E-state index in [4.69, 9.17) is 4.74 Å². The predicted octanol–water partition coefficient (Wildman–Crippen LogP) is 5.14. The second-order valence-corrected chi connectivity index (χ2v) is 6.42. The fraction of sp³-hybridized carbons (Fsp3) is 0.208. The van der Waals surface area contributed by atoms with Crippen LogP contribution in [0.4, 0.5) is 0 Å². The van der Waals surface area contributed by atoms with Gasteiger partial charge in [-0.1, -0.05) is 84.9 Å². The van der Waals surface area contributed by atoms with Crippen LogP contribution in [0.2, 0.25) is 0 Å². The summed E-state index contributed by atoms with van der Waals surface area (Å²) < 4.78 is 5.13. The van der Waals surface area contributed by atoms with Gasteiger partial charge in [0.05, 0.1) is 13.0 Å². The molecular formula is C24H25NO2. The summed E-state index contributed by atoms with van der Waals surface area (Å²) in [6.45, 7) is 2.92. The topological polar surface area (TPSA) is 38.3 Å². The molecule has 3 rings (SSSR count). The number of nitrogens with one attached hydrogen (secondary N) is 1. The summed E-state index contributed by atoms with van der Waals surface area (Å²) in [4.78, 5) is 12.0. The van der Waals surface area contributed by atoms with Gasteiger partial charge in [0.25, 0.3) is 0 Å². The highest BCUT2D eigenvalue weighted by Crippen LogP contribution is 2.21. The smallest absolute Gasteiger partial charge is 0.307 e. The molecule has 3 aromatic rings. The van der Waals surface area contributed by atoms with Gasteiger partial charge in [-0.05, 0) is 29.2 Å². The Labute approximate surface area is 161 Å². The minimum Gasteiger partial charge on any atom is -0.466 e. The minimum absolute atomic E-state index is 0.0703. The normalized spacial score (nSPS) is 11.7. The lowest BCUT2D eigenvalue weighted by atomic mass is 10.0. The van der Waals surface area contributed by atoms with Crippen molar-refractivity contribution >= 4 is 5.97 Å². The Morgan fingerprint density at radius 3 is 2.07 bits per heavy atom. The van der Waals surface area contributed by atoms with Crippen molar-refractivity contribution in [2.75, 3.05) is 6.61 Å². The van der Waals surface area contributed by atoms with Gasteiger partial charge in [0.2, 0.25) is 0 Å². The molecule has 3 nitrogen and oxygen atoms in total. The van der Waals surface area contributed by atoms with Crippen LogP contribution in [-0.2, 0) is 16.1 Å². The summed E-state index contributed by atoms with van der Waals surface area (Å²) in [5, 5.41) is 3.50. The van der Waals surface area contributed by atoms with Crippen LogP contribution in [0, 0.1) is 0 Å². The van der Waals surface area contributed by atoms with Gasteiger partial charge in [-0.3, -0.25) is 4.79 Å². The lowest BCUT2D eigenvalue weighted by molar-refractivity contribution is -0.143. The van der Waals surface area contributed by atoms with Crippen molar-refractivity contribution in [2.24, 2.45) is 0 Å². The maximum atomic E-state index is 12.0. The van der Waals surface area contributed by atoms with Crippen LogP contribution in [0.25, 0.3) is 11.1 Å². The van der Waals surface area contributed by atoms with E-state index in [0.29, 0.717) is 19.6 Å². The molecule has 0 aliphatic rings. The number of esters is 1. The molecule has 0 bridgehead atoms. The molecule has 3 aromatic carbocycles. The molecule has 0 aromatic heterocycles. The molecule has 0 saturated heterocycles. The molecule has 0 fully saturated rings. The van der Waals surface area contributed by atoms with Gasteiger partial charge in [0.15, 0.2) is 0 Å². The molecule has 0 saturated carbocycles. The first-order valence-corrected chi connectivity index (χ1v) is 9.34. The molecule has 0 aliphatic heterocycles. The Hall–Kier alpha value is -2.91. The van der Waals surface area contributed by atoms with Crippen molar-refractivity contribution < 1.29 is 9.53 Å². The maximum Gasteiger partial charge on any atom is 0.307 e. The van der Waals surface area contributed by atoms with Crippen LogP contribution >= 0.6 is 0 Å². The van der Waals surface area contributed by atoms with E-state index in [9.17, 15) is 4.79 Å². The molecule has 0 amide bonds. The van der Waals surface area contributed by atoms with E-state index >= 15 is 0 Å². The van der Waals surface area contributed by atoms with Gasteiger partial charge in [0.1, 0.15) is 0 Å². The highest BCUT2D eigenvalue weighted by Gasteiger charge is 2.16. The molecule has 3 heteroatoms. The molecule has 0 spiro atoms. The SMILES string of the molecule is CCOC(=O)CC(NCc1ccc(-c2ccccc2)cc1)c1ccccc1. The number of carbonyl (C=O) groups is 1. The van der Waals surface area contributed by atoms with Crippen molar-refractivity contribution in [3.63, 3.8) is 0 Å². The molecular weight excluding hydrogens is 334 g/mol. The summed E-state index contributed by atoms with van der Waals surface area (Å²) in [6.07, 6.45) is 0.319. The van der Waals surface area contributed by atoms with Crippen LogP contribution in [0.15, 0.2) is 84.9 Å². The summed E-state index contributed by atoms with van der Waals surface area (Å²) in [6, 6.07) is 28.8. The van der Waals surface area contributed by atoms with E-state index in [-0.39, 0.29) is 12.0 Å². The Bertz CT molecular complexity index is 829. The van der Waals surface area contributed by atoms with Crippen LogP contribution in [0.1, 0.15) is 30.5 Å². The monoisotopic (exact) mass is 359 g/mol. The molecule has 27 heavy (non-hydrogen) atoms. The van der Waals surface area contributed by atoms with Crippen molar-refractivity contribution in [3.8, 4) is 11.1 Å². The number of benzene rings is 3. The molecule has 1 atom stereocenters. The second-order valence-electron chi connectivity index (χ2n) is 6.42. The van der Waals surface area contributed by atoms with E-state index < -0.39 is 0 Å². The van der Waals surface area contributed by atoms with Crippen molar-refractivity contribution in [2.45, 2.75) is 25.9 Å². The summed E-state index contributed by atoms with van der Waals surface area (Å²) in [5.74, 6) is -0.182. The lowest BCUT2D eigenvalue weighted by Gasteiger charge is -2.19. The summed E-state index contributed by atoms with van der Waals surface area (Å²) in [7, 11) is 0. The number of ether oxygens (including phenoxy) is 1. The fourth-order valence-electron chi connectivity index (χ4n) is 3.07. The molecule has 0 aliphatic carbocycles. The number of hydrogen-bond donors (Lipinski definition) is 1. The van der Waals surface area contributed by atoms with Gasteiger partial charge in [-0.15, -0.1) is 0 Å². The number of hydrogen-bond acceptors (Lipinski definition) is 3. The Morgan fingerprint density at radius 1 is 0.852 bits per heavy atom. The Kier molecular flexibility index (Phi) is 6.78. The van der Waals surface area contributed by atoms with Crippen LogP contribution in [-0.4, -0.2) is 12.6 Å². The summed E-state index contributed by atoms with van der Waals surface area (Å²) in [5.41, 5.74) is 4.68. The third kappa shape index (κ3) is 5.53. The Balaban J connectivity index is 1.66. The summed E-state index contributed by atoms with van der Waals surface area (Å²) >= 11 is 0. The predicted molar refractivity (Wildman–Crippen MR) is 109 cm³/mol. The van der Waals surface area contributed by atoms with E-state index in [1.54, 1.807) is 0 Å². The molecule has 1 N–H and O–H groups in total. The second kappa shape index (κ2) is 9.70. The zero-order valence-electron chi connectivity index (χ0n) is 15.6. The van der Waals surface area contributed by atoms with Gasteiger partial charge >= 0.3 is 5.97 Å². The minimum atomic E-state index is -0.182. The largest absolute Gasteiger partial charge is 0.466 e. The highest BCUT2D eigenvalue weighted by molar-refractivity contribution is 5.70. The standard InChI is InChI=1S/C24H25NO2/c1-2-27-24(26)17-23(22-11-7-4-8-12-22)25-18-19-13-15-21(16-14-19)20-9-5-3-6-10-20/h3-16,23,25H,2,17-18H2,1H3. The van der Waals surface area contributed by atoms with E-state index in [0.717, 1.165) is 5.56 Å². The molecule has 0 radical (unpaired) electrons. The molecule has 138 valence electrons. The molecule has 0 heterocycles. The third-order valence-electron chi connectivity index (χ3n) is 4.49. The average molecular weight is 359 g/mol. The number of carbonyl (C=O) groups excluding carboxylic acids is 1. The van der Waals surface area contributed by atoms with E-state index in [1.165, 1.54) is 16.7 Å². The quantitative estimate of drug-likeness (QED) is 0.566. The first-order chi connectivity index (χ1) is 13.3. The first-order valence-electron chi connectivity index (χ1n) is 9.34. The van der Waals surface area contributed by atoms with Gasteiger partial charge < -0.3 is 10.1 Å². The fourth-order valence-corrected chi connectivity index (χ4v) is 3.07. The third-order valence-corrected chi connectivity index (χ3v) is 4.49. The Morgan fingerprint density at radius 2 is 1.44 bits per heavy atom. The lowest BCUT2D eigenvalue weighted by Crippen LogP contribution is -2.24. The van der Waals surface area contributed by atoms with E-state index in [1.807, 2.05) is 55.5 Å². The van der Waals surface area contributed by atoms with Crippen molar-refractivity contribution in [3.05, 3.63) is 96.1 Å². The van der Waals surface area contributed by atoms with E-state index in [2.05, 4.69) is 41.7 Å².